The minimum Gasteiger partial charge on any atom is -0.481 e. The Balaban J connectivity index is 2.34. The summed E-state index contributed by atoms with van der Waals surface area (Å²) in [5.41, 5.74) is 0. The van der Waals surface area contributed by atoms with Gasteiger partial charge in [0.05, 0.1) is 13.5 Å². The van der Waals surface area contributed by atoms with Crippen LogP contribution in [0.1, 0.15) is 25.7 Å². The van der Waals surface area contributed by atoms with Gasteiger partial charge in [0.25, 0.3) is 0 Å². The maximum Gasteiger partial charge on any atom is 0.319 e. The topological polar surface area (TPSA) is 87.2 Å². The van der Waals surface area contributed by atoms with Gasteiger partial charge in [-0.2, -0.15) is 0 Å². The van der Waals surface area contributed by atoms with E-state index in [9.17, 15) is 14.4 Å². The lowest BCUT2D eigenvalue weighted by atomic mass is 9.94. The molecule has 0 aromatic heterocycles. The second-order valence-corrected chi connectivity index (χ2v) is 5.06. The quantitative estimate of drug-likeness (QED) is 0.755. The van der Waals surface area contributed by atoms with Gasteiger partial charge in [-0.3, -0.25) is 9.59 Å². The second kappa shape index (κ2) is 7.72. The smallest absolute Gasteiger partial charge is 0.319 e. The first-order valence-electron chi connectivity index (χ1n) is 6.72. The first kappa shape index (κ1) is 16.3. The van der Waals surface area contributed by atoms with Crippen molar-refractivity contribution in [3.05, 3.63) is 0 Å². The molecule has 0 unspecified atom stereocenters. The Morgan fingerprint density at radius 1 is 1.30 bits per heavy atom. The molecule has 0 atom stereocenters. The molecule has 1 heterocycles. The molecule has 1 fully saturated rings. The van der Waals surface area contributed by atoms with Gasteiger partial charge in [-0.1, -0.05) is 0 Å². The lowest BCUT2D eigenvalue weighted by molar-refractivity contribution is -0.141. The second-order valence-electron chi connectivity index (χ2n) is 5.06. The van der Waals surface area contributed by atoms with Gasteiger partial charge < -0.3 is 19.6 Å². The van der Waals surface area contributed by atoms with Crippen LogP contribution in [0.25, 0.3) is 0 Å². The lowest BCUT2D eigenvalue weighted by Crippen LogP contribution is -2.46. The highest BCUT2D eigenvalue weighted by atomic mass is 16.5. The fourth-order valence-electron chi connectivity index (χ4n) is 2.27. The minimum absolute atomic E-state index is 0.123. The summed E-state index contributed by atoms with van der Waals surface area (Å²) in [6.45, 7) is 1.46. The van der Waals surface area contributed by atoms with Gasteiger partial charge in [0.2, 0.25) is 0 Å². The van der Waals surface area contributed by atoms with E-state index in [-0.39, 0.29) is 30.8 Å². The molecule has 1 saturated heterocycles. The predicted octanol–water partition coefficient (Wildman–Crippen LogP) is 0.788. The molecular formula is C13H22N2O5. The number of aliphatic carboxylic acids is 1. The number of esters is 1. The third-order valence-corrected chi connectivity index (χ3v) is 3.55. The van der Waals surface area contributed by atoms with E-state index in [1.165, 1.54) is 12.0 Å². The summed E-state index contributed by atoms with van der Waals surface area (Å²) >= 11 is 0. The van der Waals surface area contributed by atoms with Gasteiger partial charge >= 0.3 is 18.0 Å². The number of carboxylic acids is 1. The summed E-state index contributed by atoms with van der Waals surface area (Å²) in [6.07, 6.45) is 1.76. The fourth-order valence-corrected chi connectivity index (χ4v) is 2.27. The standard InChI is InChI=1S/C13H22N2O5/c1-14(6-5-12(18)20-2)13(19)15-7-3-10(4-8-15)9-11(16)17/h10H,3-9H2,1-2H3,(H,16,17). The van der Waals surface area contributed by atoms with E-state index in [4.69, 9.17) is 5.11 Å². The molecule has 0 bridgehead atoms. The van der Waals surface area contributed by atoms with Crippen LogP contribution in [0.15, 0.2) is 0 Å². The van der Waals surface area contributed by atoms with Crippen LogP contribution in [-0.2, 0) is 14.3 Å². The van der Waals surface area contributed by atoms with Crippen molar-refractivity contribution in [1.29, 1.82) is 0 Å². The number of nitrogens with zero attached hydrogens (tertiary/aromatic N) is 2. The van der Waals surface area contributed by atoms with Crippen molar-refractivity contribution >= 4 is 18.0 Å². The van der Waals surface area contributed by atoms with E-state index in [0.717, 1.165) is 0 Å². The van der Waals surface area contributed by atoms with Gasteiger partial charge in [0, 0.05) is 33.1 Å². The number of carbonyl (C=O) groups is 3. The number of carbonyl (C=O) groups excluding carboxylic acids is 2. The maximum absolute atomic E-state index is 12.1. The minimum atomic E-state index is -0.787. The van der Waals surface area contributed by atoms with Crippen LogP contribution in [0.5, 0.6) is 0 Å². The van der Waals surface area contributed by atoms with Crippen molar-refractivity contribution in [2.24, 2.45) is 5.92 Å². The van der Waals surface area contributed by atoms with Crippen LogP contribution in [-0.4, -0.2) is 66.7 Å². The zero-order valence-corrected chi connectivity index (χ0v) is 12.0. The van der Waals surface area contributed by atoms with Crippen LogP contribution >= 0.6 is 0 Å². The van der Waals surface area contributed by atoms with E-state index in [0.29, 0.717) is 32.5 Å². The van der Waals surface area contributed by atoms with Crippen LogP contribution in [0.2, 0.25) is 0 Å². The highest BCUT2D eigenvalue weighted by Gasteiger charge is 2.26. The molecule has 0 radical (unpaired) electrons. The SMILES string of the molecule is COC(=O)CCN(C)C(=O)N1CCC(CC(=O)O)CC1. The van der Waals surface area contributed by atoms with Crippen molar-refractivity contribution < 1.29 is 24.2 Å². The van der Waals surface area contributed by atoms with E-state index in [2.05, 4.69) is 4.74 Å². The molecule has 1 rings (SSSR count). The van der Waals surface area contributed by atoms with Crippen molar-refractivity contribution in [3.63, 3.8) is 0 Å². The molecule has 2 amide bonds. The Kier molecular flexibility index (Phi) is 6.27. The van der Waals surface area contributed by atoms with Gasteiger partial charge in [-0.15, -0.1) is 0 Å². The van der Waals surface area contributed by atoms with E-state index >= 15 is 0 Å². The van der Waals surface area contributed by atoms with Crippen molar-refractivity contribution in [3.8, 4) is 0 Å². The number of amides is 2. The molecular weight excluding hydrogens is 264 g/mol. The first-order valence-corrected chi connectivity index (χ1v) is 6.72. The molecule has 0 aliphatic carbocycles. The third-order valence-electron chi connectivity index (χ3n) is 3.55. The Bertz CT molecular complexity index is 364. The van der Waals surface area contributed by atoms with E-state index < -0.39 is 5.97 Å². The zero-order chi connectivity index (χ0) is 15.1. The number of hydrogen-bond acceptors (Lipinski definition) is 4. The van der Waals surface area contributed by atoms with Crippen molar-refractivity contribution in [2.45, 2.75) is 25.7 Å². The summed E-state index contributed by atoms with van der Waals surface area (Å²) in [4.78, 5) is 37.0. The number of urea groups is 1. The summed E-state index contributed by atoms with van der Waals surface area (Å²) in [7, 11) is 2.96. The zero-order valence-electron chi connectivity index (χ0n) is 12.0. The van der Waals surface area contributed by atoms with Crippen LogP contribution in [0.3, 0.4) is 0 Å². The van der Waals surface area contributed by atoms with Gasteiger partial charge in [0.1, 0.15) is 0 Å². The predicted molar refractivity (Wildman–Crippen MR) is 71.2 cm³/mol. The highest BCUT2D eigenvalue weighted by Crippen LogP contribution is 2.21. The van der Waals surface area contributed by atoms with Crippen molar-refractivity contribution in [1.82, 2.24) is 9.80 Å². The average Bonchev–Trinajstić information content (AvgIpc) is 2.43. The Morgan fingerprint density at radius 2 is 1.90 bits per heavy atom. The first-order chi connectivity index (χ1) is 9.43. The number of ether oxygens (including phenoxy) is 1. The number of methoxy groups -OCH3 is 1. The van der Waals surface area contributed by atoms with Gasteiger partial charge in [-0.05, 0) is 18.8 Å². The molecule has 7 nitrogen and oxygen atoms in total. The van der Waals surface area contributed by atoms with E-state index in [1.807, 2.05) is 0 Å². The number of likely N-dealkylation sites (tertiary alicyclic amines) is 1. The Hall–Kier alpha value is -1.79. The van der Waals surface area contributed by atoms with Crippen LogP contribution in [0.4, 0.5) is 4.79 Å². The summed E-state index contributed by atoms with van der Waals surface area (Å²) in [6, 6.07) is -0.123. The molecule has 0 aromatic rings. The molecule has 20 heavy (non-hydrogen) atoms. The number of piperidine rings is 1. The highest BCUT2D eigenvalue weighted by molar-refractivity contribution is 5.75. The molecule has 1 aliphatic rings. The summed E-state index contributed by atoms with van der Waals surface area (Å²) in [5, 5.41) is 8.74. The van der Waals surface area contributed by atoms with Crippen molar-refractivity contribution in [2.75, 3.05) is 33.8 Å². The summed E-state index contributed by atoms with van der Waals surface area (Å²) in [5.74, 6) is -0.980. The number of rotatable bonds is 5. The van der Waals surface area contributed by atoms with Gasteiger partial charge in [-0.25, -0.2) is 4.79 Å². The molecule has 1 N–H and O–H groups in total. The largest absolute Gasteiger partial charge is 0.481 e. The summed E-state index contributed by atoms with van der Waals surface area (Å²) < 4.78 is 4.53. The third kappa shape index (κ3) is 5.07. The van der Waals surface area contributed by atoms with E-state index in [1.54, 1.807) is 11.9 Å². The Labute approximate surface area is 118 Å². The molecule has 0 spiro atoms. The monoisotopic (exact) mass is 286 g/mol. The molecule has 1 aliphatic heterocycles. The average molecular weight is 286 g/mol. The fraction of sp³-hybridized carbons (Fsp3) is 0.769. The van der Waals surface area contributed by atoms with Crippen LogP contribution < -0.4 is 0 Å². The normalized spacial score (nSPS) is 15.8. The number of carboxylic acid groups (broad SMARTS) is 1. The van der Waals surface area contributed by atoms with Crippen LogP contribution in [0, 0.1) is 5.92 Å². The molecule has 0 aromatic carbocycles. The molecule has 114 valence electrons. The Morgan fingerprint density at radius 3 is 2.40 bits per heavy atom. The lowest BCUT2D eigenvalue weighted by Gasteiger charge is -2.34. The molecule has 0 saturated carbocycles. The molecule has 7 heteroatoms. The maximum atomic E-state index is 12.1. The van der Waals surface area contributed by atoms with Gasteiger partial charge in [0.15, 0.2) is 0 Å². The number of hydrogen-bond donors (Lipinski definition) is 1.